The van der Waals surface area contributed by atoms with Crippen LogP contribution < -0.4 is 5.73 Å². The zero-order valence-corrected chi connectivity index (χ0v) is 10.8. The summed E-state index contributed by atoms with van der Waals surface area (Å²) in [7, 11) is -4.12. The first-order valence-corrected chi connectivity index (χ1v) is 6.52. The number of carbonyl (C=O) groups is 2. The standard InChI is InChI=1S/C11H12N2O5S/c1-9(14)18-8-7-13(11(12)15)19(16,17)10-5-3-2-4-6-10/h2-8H,1H3,(H2,12,15). The van der Waals surface area contributed by atoms with E-state index in [1.807, 2.05) is 0 Å². The van der Waals surface area contributed by atoms with E-state index in [2.05, 4.69) is 4.74 Å². The third kappa shape index (κ3) is 3.81. The Hall–Kier alpha value is -2.35. The molecule has 2 N–H and O–H groups in total. The van der Waals surface area contributed by atoms with Crippen LogP contribution in [0.1, 0.15) is 6.92 Å². The average molecular weight is 284 g/mol. The van der Waals surface area contributed by atoms with Crippen LogP contribution in [-0.4, -0.2) is 24.7 Å². The number of urea groups is 1. The Morgan fingerprint density at radius 3 is 2.32 bits per heavy atom. The van der Waals surface area contributed by atoms with Crippen molar-refractivity contribution in [3.63, 3.8) is 0 Å². The van der Waals surface area contributed by atoms with E-state index in [0.29, 0.717) is 0 Å². The van der Waals surface area contributed by atoms with Crippen LogP contribution in [0.25, 0.3) is 0 Å². The van der Waals surface area contributed by atoms with Crippen molar-refractivity contribution in [1.82, 2.24) is 4.31 Å². The lowest BCUT2D eigenvalue weighted by Crippen LogP contribution is -2.36. The van der Waals surface area contributed by atoms with Gasteiger partial charge >= 0.3 is 12.0 Å². The lowest BCUT2D eigenvalue weighted by molar-refractivity contribution is -0.135. The van der Waals surface area contributed by atoms with Crippen LogP contribution in [0.3, 0.4) is 0 Å². The summed E-state index contributed by atoms with van der Waals surface area (Å²) in [5, 5.41) is 0. The van der Waals surface area contributed by atoms with E-state index in [-0.39, 0.29) is 9.20 Å². The predicted octanol–water partition coefficient (Wildman–Crippen LogP) is 0.790. The minimum Gasteiger partial charge on any atom is -0.433 e. The molecule has 0 saturated heterocycles. The second-order valence-corrected chi connectivity index (χ2v) is 5.16. The number of carbonyl (C=O) groups excluding carboxylic acids is 2. The number of hydrogen-bond acceptors (Lipinski definition) is 5. The highest BCUT2D eigenvalue weighted by Gasteiger charge is 2.25. The molecule has 2 amide bonds. The van der Waals surface area contributed by atoms with Gasteiger partial charge in [0.15, 0.2) is 0 Å². The highest BCUT2D eigenvalue weighted by Crippen LogP contribution is 2.15. The number of hydrogen-bond donors (Lipinski definition) is 1. The van der Waals surface area contributed by atoms with Gasteiger partial charge < -0.3 is 10.5 Å². The van der Waals surface area contributed by atoms with Gasteiger partial charge in [-0.05, 0) is 12.1 Å². The minimum atomic E-state index is -4.12. The van der Waals surface area contributed by atoms with Gasteiger partial charge in [-0.25, -0.2) is 13.2 Å². The Labute approximate surface area is 110 Å². The van der Waals surface area contributed by atoms with Gasteiger partial charge in [0.25, 0.3) is 10.0 Å². The smallest absolute Gasteiger partial charge is 0.333 e. The van der Waals surface area contributed by atoms with Crippen molar-refractivity contribution in [2.24, 2.45) is 5.73 Å². The van der Waals surface area contributed by atoms with E-state index in [1.54, 1.807) is 6.07 Å². The quantitative estimate of drug-likeness (QED) is 0.649. The van der Waals surface area contributed by atoms with Crippen LogP contribution in [-0.2, 0) is 19.6 Å². The summed E-state index contributed by atoms with van der Waals surface area (Å²) in [5.41, 5.74) is 4.99. The lowest BCUT2D eigenvalue weighted by atomic mass is 10.4. The van der Waals surface area contributed by atoms with E-state index >= 15 is 0 Å². The van der Waals surface area contributed by atoms with Gasteiger partial charge in [0.2, 0.25) is 0 Å². The van der Waals surface area contributed by atoms with E-state index in [0.717, 1.165) is 19.4 Å². The summed E-state index contributed by atoms with van der Waals surface area (Å²) in [4.78, 5) is 21.6. The molecule has 0 saturated carbocycles. The van der Waals surface area contributed by atoms with Crippen molar-refractivity contribution in [3.8, 4) is 0 Å². The number of benzene rings is 1. The van der Waals surface area contributed by atoms with Crippen molar-refractivity contribution in [1.29, 1.82) is 0 Å². The maximum atomic E-state index is 12.1. The van der Waals surface area contributed by atoms with Gasteiger partial charge in [0.05, 0.1) is 11.1 Å². The van der Waals surface area contributed by atoms with E-state index in [4.69, 9.17) is 5.73 Å². The van der Waals surface area contributed by atoms with Crippen LogP contribution in [0.15, 0.2) is 47.7 Å². The van der Waals surface area contributed by atoms with Crippen LogP contribution >= 0.6 is 0 Å². The second-order valence-electron chi connectivity index (χ2n) is 3.35. The molecule has 0 radical (unpaired) electrons. The first-order chi connectivity index (χ1) is 8.85. The third-order valence-corrected chi connectivity index (χ3v) is 3.63. The molecule has 0 aliphatic rings. The molecule has 1 aromatic rings. The van der Waals surface area contributed by atoms with Crippen LogP contribution in [0, 0.1) is 0 Å². The molecule has 8 heteroatoms. The maximum Gasteiger partial charge on any atom is 0.333 e. The molecule has 0 bridgehead atoms. The zero-order chi connectivity index (χ0) is 14.5. The summed E-state index contributed by atoms with van der Waals surface area (Å²) in [5.74, 6) is -0.655. The topological polar surface area (TPSA) is 107 Å². The fourth-order valence-electron chi connectivity index (χ4n) is 1.16. The average Bonchev–Trinajstić information content (AvgIpc) is 2.34. The number of ether oxygens (including phenoxy) is 1. The van der Waals surface area contributed by atoms with Gasteiger partial charge in [-0.15, -0.1) is 0 Å². The molecular weight excluding hydrogens is 272 g/mol. The Morgan fingerprint density at radius 2 is 1.84 bits per heavy atom. The summed E-state index contributed by atoms with van der Waals surface area (Å²) in [6.07, 6.45) is 1.54. The first kappa shape index (κ1) is 14.7. The highest BCUT2D eigenvalue weighted by atomic mass is 32.2. The van der Waals surface area contributed by atoms with Crippen molar-refractivity contribution in [2.75, 3.05) is 0 Å². The molecule has 7 nitrogen and oxygen atoms in total. The van der Waals surface area contributed by atoms with Crippen LogP contribution in [0.5, 0.6) is 0 Å². The third-order valence-electron chi connectivity index (χ3n) is 1.95. The molecule has 0 heterocycles. The molecule has 0 fully saturated rings. The summed E-state index contributed by atoms with van der Waals surface area (Å²) < 4.78 is 28.9. The molecule has 1 aromatic carbocycles. The van der Waals surface area contributed by atoms with Gasteiger partial charge in [0.1, 0.15) is 6.26 Å². The summed E-state index contributed by atoms with van der Waals surface area (Å²) in [6, 6.07) is 6.04. The maximum absolute atomic E-state index is 12.1. The summed E-state index contributed by atoms with van der Waals surface area (Å²) >= 11 is 0. The monoisotopic (exact) mass is 284 g/mol. The van der Waals surface area contributed by atoms with Crippen molar-refractivity contribution in [3.05, 3.63) is 42.8 Å². The normalized spacial score (nSPS) is 11.2. The molecule has 0 unspecified atom stereocenters. The lowest BCUT2D eigenvalue weighted by Gasteiger charge is -2.15. The van der Waals surface area contributed by atoms with Crippen LogP contribution in [0.4, 0.5) is 4.79 Å². The number of sulfonamides is 1. The summed E-state index contributed by atoms with van der Waals surface area (Å²) in [6.45, 7) is 1.13. The molecule has 102 valence electrons. The molecule has 0 atom stereocenters. The highest BCUT2D eigenvalue weighted by molar-refractivity contribution is 7.89. The largest absolute Gasteiger partial charge is 0.433 e. The first-order valence-electron chi connectivity index (χ1n) is 5.08. The Kier molecular flexibility index (Phi) is 4.65. The van der Waals surface area contributed by atoms with Gasteiger partial charge in [-0.1, -0.05) is 18.2 Å². The van der Waals surface area contributed by atoms with E-state index in [1.165, 1.54) is 24.3 Å². The number of primary amides is 1. The van der Waals surface area contributed by atoms with Gasteiger partial charge in [0, 0.05) is 6.92 Å². The van der Waals surface area contributed by atoms with Gasteiger partial charge in [-0.3, -0.25) is 4.79 Å². The molecule has 19 heavy (non-hydrogen) atoms. The molecular formula is C11H12N2O5S. The predicted molar refractivity (Wildman–Crippen MR) is 66.0 cm³/mol. The fourth-order valence-corrected chi connectivity index (χ4v) is 2.33. The Balaban J connectivity index is 3.09. The second kappa shape index (κ2) is 6.01. The van der Waals surface area contributed by atoms with Crippen molar-refractivity contribution < 1.29 is 22.7 Å². The van der Waals surface area contributed by atoms with E-state index < -0.39 is 22.0 Å². The molecule has 0 aliphatic carbocycles. The van der Waals surface area contributed by atoms with Crippen LogP contribution in [0.2, 0.25) is 0 Å². The number of esters is 1. The SMILES string of the molecule is CC(=O)OC=CN(C(N)=O)S(=O)(=O)c1ccccc1. The number of rotatable bonds is 4. The Morgan fingerprint density at radius 1 is 1.26 bits per heavy atom. The zero-order valence-electron chi connectivity index (χ0n) is 10.0. The fraction of sp³-hybridized carbons (Fsp3) is 0.0909. The van der Waals surface area contributed by atoms with Crippen molar-refractivity contribution in [2.45, 2.75) is 11.8 Å². The number of nitrogens with two attached hydrogens (primary N) is 1. The number of nitrogens with zero attached hydrogens (tertiary/aromatic N) is 1. The van der Waals surface area contributed by atoms with E-state index in [9.17, 15) is 18.0 Å². The molecule has 0 spiro atoms. The molecule has 1 rings (SSSR count). The number of amides is 2. The molecule has 0 aromatic heterocycles. The molecule has 0 aliphatic heterocycles. The minimum absolute atomic E-state index is 0.110. The van der Waals surface area contributed by atoms with Gasteiger partial charge in [-0.2, -0.15) is 4.31 Å². The van der Waals surface area contributed by atoms with Crippen molar-refractivity contribution >= 4 is 22.0 Å². The Bertz CT molecular complexity index is 595.